The Kier molecular flexibility index (Phi) is 5.18. The summed E-state index contributed by atoms with van der Waals surface area (Å²) in [6, 6.07) is 4.40. The molecule has 0 unspecified atom stereocenters. The van der Waals surface area contributed by atoms with E-state index in [0.717, 1.165) is 6.42 Å². The molecule has 0 aromatic heterocycles. The van der Waals surface area contributed by atoms with Crippen LogP contribution in [-0.4, -0.2) is 57.1 Å². The smallest absolute Gasteiger partial charge is 0.311 e. The first-order valence-electron chi connectivity index (χ1n) is 8.72. The van der Waals surface area contributed by atoms with E-state index in [0.29, 0.717) is 18.6 Å². The third-order valence-corrected chi connectivity index (χ3v) is 7.63. The molecule has 1 aromatic carbocycles. The number of esters is 1. The molecule has 0 bridgehead atoms. The van der Waals surface area contributed by atoms with Crippen molar-refractivity contribution in [1.29, 1.82) is 0 Å². The average molecular weight is 397 g/mol. The summed E-state index contributed by atoms with van der Waals surface area (Å²) in [5.41, 5.74) is -0.746. The molecule has 0 spiro atoms. The number of methoxy groups -OCH3 is 2. The fourth-order valence-electron chi connectivity index (χ4n) is 4.22. The predicted molar refractivity (Wildman–Crippen MR) is 94.9 cm³/mol. The van der Waals surface area contributed by atoms with Gasteiger partial charge in [0.15, 0.2) is 0 Å². The lowest BCUT2D eigenvalue weighted by Gasteiger charge is -2.23. The first kappa shape index (κ1) is 19.6. The van der Waals surface area contributed by atoms with Crippen molar-refractivity contribution in [2.45, 2.75) is 30.6 Å². The highest BCUT2D eigenvalue weighted by molar-refractivity contribution is 7.89. The molecule has 1 aromatic rings. The maximum atomic E-state index is 13.3. The van der Waals surface area contributed by atoms with Gasteiger partial charge in [0, 0.05) is 13.1 Å². The highest BCUT2D eigenvalue weighted by atomic mass is 32.2. The summed E-state index contributed by atoms with van der Waals surface area (Å²) < 4.78 is 37.6. The topological polar surface area (TPSA) is 110 Å². The number of hydrogen-bond acceptors (Lipinski definition) is 6. The highest BCUT2D eigenvalue weighted by Gasteiger charge is 2.57. The predicted octanol–water partition coefficient (Wildman–Crippen LogP) is 1.29. The van der Waals surface area contributed by atoms with Gasteiger partial charge < -0.3 is 14.6 Å². The summed E-state index contributed by atoms with van der Waals surface area (Å²) >= 11 is 0. The Morgan fingerprint density at radius 3 is 2.67 bits per heavy atom. The van der Waals surface area contributed by atoms with Crippen LogP contribution < -0.4 is 4.74 Å². The van der Waals surface area contributed by atoms with Gasteiger partial charge in [0.1, 0.15) is 5.75 Å². The molecule has 3 rings (SSSR count). The van der Waals surface area contributed by atoms with Gasteiger partial charge in [-0.25, -0.2) is 8.42 Å². The lowest BCUT2D eigenvalue weighted by molar-refractivity contribution is -0.149. The largest absolute Gasteiger partial charge is 0.497 e. The van der Waals surface area contributed by atoms with Crippen molar-refractivity contribution in [1.82, 2.24) is 4.31 Å². The Morgan fingerprint density at radius 1 is 1.33 bits per heavy atom. The van der Waals surface area contributed by atoms with Crippen molar-refractivity contribution in [3.05, 3.63) is 23.8 Å². The third kappa shape index (κ3) is 3.29. The zero-order valence-electron chi connectivity index (χ0n) is 15.3. The molecular weight excluding hydrogens is 374 g/mol. The number of hydrogen-bond donors (Lipinski definition) is 1. The van der Waals surface area contributed by atoms with Crippen molar-refractivity contribution in [2.24, 2.45) is 11.3 Å². The van der Waals surface area contributed by atoms with E-state index in [1.54, 1.807) is 0 Å². The van der Waals surface area contributed by atoms with Crippen LogP contribution in [0.5, 0.6) is 5.75 Å². The molecule has 148 valence electrons. The second-order valence-electron chi connectivity index (χ2n) is 7.07. The maximum Gasteiger partial charge on any atom is 0.311 e. The van der Waals surface area contributed by atoms with Crippen molar-refractivity contribution < 1.29 is 32.6 Å². The molecule has 2 aliphatic rings. The number of aliphatic carboxylic acids is 1. The van der Waals surface area contributed by atoms with Crippen molar-refractivity contribution in [3.63, 3.8) is 0 Å². The van der Waals surface area contributed by atoms with Gasteiger partial charge in [-0.15, -0.1) is 0 Å². The Hall–Kier alpha value is -2.13. The first-order chi connectivity index (χ1) is 12.7. The van der Waals surface area contributed by atoms with E-state index in [1.807, 2.05) is 0 Å². The summed E-state index contributed by atoms with van der Waals surface area (Å²) in [5, 5.41) is 9.70. The van der Waals surface area contributed by atoms with Crippen molar-refractivity contribution in [2.75, 3.05) is 27.3 Å². The molecule has 1 heterocycles. The molecule has 8 nitrogen and oxygen atoms in total. The summed E-state index contributed by atoms with van der Waals surface area (Å²) in [6.07, 6.45) is 1.76. The number of benzene rings is 1. The lowest BCUT2D eigenvalue weighted by Crippen LogP contribution is -2.37. The van der Waals surface area contributed by atoms with E-state index in [1.165, 1.54) is 36.7 Å². The van der Waals surface area contributed by atoms with E-state index >= 15 is 0 Å². The van der Waals surface area contributed by atoms with Crippen LogP contribution in [-0.2, 0) is 30.8 Å². The minimum absolute atomic E-state index is 0.0192. The molecule has 1 aliphatic carbocycles. The number of fused-ring (bicyclic) bond motifs is 1. The van der Waals surface area contributed by atoms with Crippen LogP contribution in [0, 0.1) is 11.3 Å². The quantitative estimate of drug-likeness (QED) is 0.720. The molecule has 0 amide bonds. The molecule has 9 heteroatoms. The monoisotopic (exact) mass is 397 g/mol. The normalized spacial score (nSPS) is 25.2. The molecule has 0 radical (unpaired) electrons. The van der Waals surface area contributed by atoms with Crippen LogP contribution in [0.3, 0.4) is 0 Å². The van der Waals surface area contributed by atoms with Gasteiger partial charge >= 0.3 is 11.9 Å². The van der Waals surface area contributed by atoms with Crippen LogP contribution in [0.4, 0.5) is 0 Å². The van der Waals surface area contributed by atoms with Gasteiger partial charge in [-0.1, -0.05) is 6.42 Å². The van der Waals surface area contributed by atoms with E-state index in [9.17, 15) is 23.1 Å². The Bertz CT molecular complexity index is 866. The third-order valence-electron chi connectivity index (χ3n) is 5.71. The summed E-state index contributed by atoms with van der Waals surface area (Å²) in [4.78, 5) is 23.6. The maximum absolute atomic E-state index is 13.3. The fraction of sp³-hybridized carbons (Fsp3) is 0.556. The Labute approximate surface area is 158 Å². The number of sulfonamides is 1. The number of carboxylic acid groups (broad SMARTS) is 1. The van der Waals surface area contributed by atoms with Gasteiger partial charge in [-0.3, -0.25) is 9.59 Å². The molecule has 1 aliphatic heterocycles. The minimum Gasteiger partial charge on any atom is -0.497 e. The van der Waals surface area contributed by atoms with Crippen LogP contribution >= 0.6 is 0 Å². The summed E-state index contributed by atoms with van der Waals surface area (Å²) in [5.74, 6) is -1.27. The van der Waals surface area contributed by atoms with Gasteiger partial charge in [0.25, 0.3) is 0 Å². The van der Waals surface area contributed by atoms with Crippen LogP contribution in [0.25, 0.3) is 0 Å². The molecular formula is C18H23NO7S. The second-order valence-corrected chi connectivity index (χ2v) is 8.98. The molecule has 2 fully saturated rings. The molecule has 1 N–H and O–H groups in total. The second kappa shape index (κ2) is 7.12. The van der Waals surface area contributed by atoms with E-state index in [-0.39, 0.29) is 35.9 Å². The Morgan fingerprint density at radius 2 is 2.07 bits per heavy atom. The standard InChI is InChI=1S/C18H23NO7S/c1-25-14-5-6-15(12(8-14)9-16(20)26-2)27(23,24)19-10-13-4-3-7-18(13,11-19)17(21)22/h5-6,8,13H,3-4,7,9-11H2,1-2H3,(H,21,22)/t13-,18+/m0/s1. The number of carbonyl (C=O) groups excluding carboxylic acids is 1. The average Bonchev–Trinajstić information content (AvgIpc) is 3.20. The number of carboxylic acids is 1. The minimum atomic E-state index is -3.96. The Balaban J connectivity index is 1.98. The highest BCUT2D eigenvalue weighted by Crippen LogP contribution is 2.50. The summed E-state index contributed by atoms with van der Waals surface area (Å²) in [7, 11) is -1.28. The summed E-state index contributed by atoms with van der Waals surface area (Å²) in [6.45, 7) is 0.136. The van der Waals surface area contributed by atoms with Gasteiger partial charge in [-0.2, -0.15) is 4.31 Å². The number of carbonyl (C=O) groups is 2. The number of nitrogens with zero attached hydrogens (tertiary/aromatic N) is 1. The molecule has 1 saturated carbocycles. The van der Waals surface area contributed by atoms with Crippen LogP contribution in [0.1, 0.15) is 24.8 Å². The van der Waals surface area contributed by atoms with Crippen molar-refractivity contribution in [3.8, 4) is 5.75 Å². The number of rotatable bonds is 6. The lowest BCUT2D eigenvalue weighted by atomic mass is 9.81. The van der Waals surface area contributed by atoms with E-state index in [2.05, 4.69) is 4.74 Å². The van der Waals surface area contributed by atoms with E-state index < -0.39 is 27.4 Å². The number of ether oxygens (including phenoxy) is 2. The zero-order valence-corrected chi connectivity index (χ0v) is 16.1. The molecule has 2 atom stereocenters. The SMILES string of the molecule is COC(=O)Cc1cc(OC)ccc1S(=O)(=O)N1C[C@@H]2CCC[C@@]2(C(=O)O)C1. The molecule has 27 heavy (non-hydrogen) atoms. The van der Waals surface area contributed by atoms with Gasteiger partial charge in [0.2, 0.25) is 10.0 Å². The molecule has 1 saturated heterocycles. The van der Waals surface area contributed by atoms with Gasteiger partial charge in [0.05, 0.1) is 31.0 Å². The zero-order chi connectivity index (χ0) is 19.8. The van der Waals surface area contributed by atoms with Gasteiger partial charge in [-0.05, 0) is 42.5 Å². The van der Waals surface area contributed by atoms with Crippen LogP contribution in [0.2, 0.25) is 0 Å². The van der Waals surface area contributed by atoms with Crippen LogP contribution in [0.15, 0.2) is 23.1 Å². The van der Waals surface area contributed by atoms with E-state index in [4.69, 9.17) is 4.74 Å². The fourth-order valence-corrected chi connectivity index (χ4v) is 5.97. The first-order valence-corrected chi connectivity index (χ1v) is 10.2. The van der Waals surface area contributed by atoms with Crippen molar-refractivity contribution >= 4 is 22.0 Å².